The van der Waals surface area contributed by atoms with E-state index in [2.05, 4.69) is 10.3 Å². The topological polar surface area (TPSA) is 96.6 Å². The first-order chi connectivity index (χ1) is 15.5. The lowest BCUT2D eigenvalue weighted by Gasteiger charge is -2.32. The second kappa shape index (κ2) is 9.60. The number of methoxy groups -OCH3 is 2. The van der Waals surface area contributed by atoms with E-state index in [1.54, 1.807) is 14.2 Å². The first-order valence-corrected chi connectivity index (χ1v) is 11.7. The summed E-state index contributed by atoms with van der Waals surface area (Å²) >= 11 is 1.37. The number of nitrogens with one attached hydrogen (secondary N) is 2. The summed E-state index contributed by atoms with van der Waals surface area (Å²) in [5.41, 5.74) is 2.25. The summed E-state index contributed by atoms with van der Waals surface area (Å²) in [5.74, 6) is 1.73. The van der Waals surface area contributed by atoms with Gasteiger partial charge in [-0.2, -0.15) is 0 Å². The summed E-state index contributed by atoms with van der Waals surface area (Å²) in [4.78, 5) is 35.1. The summed E-state index contributed by atoms with van der Waals surface area (Å²) in [6, 6.07) is 5.66. The molecule has 8 nitrogen and oxygen atoms in total. The molecule has 3 heterocycles. The van der Waals surface area contributed by atoms with Gasteiger partial charge in [-0.05, 0) is 37.0 Å². The number of aromatic nitrogens is 2. The number of anilines is 1. The molecule has 4 rings (SSSR count). The quantitative estimate of drug-likeness (QED) is 0.566. The lowest BCUT2D eigenvalue weighted by atomic mass is 9.97. The van der Waals surface area contributed by atoms with Crippen LogP contribution in [-0.2, 0) is 4.79 Å². The first-order valence-electron chi connectivity index (χ1n) is 10.8. The number of hydrogen-bond donors (Lipinski definition) is 2. The van der Waals surface area contributed by atoms with Crippen molar-refractivity contribution in [2.45, 2.75) is 26.2 Å². The number of thiophene rings is 1. The second-order valence-electron chi connectivity index (χ2n) is 7.86. The van der Waals surface area contributed by atoms with Gasteiger partial charge in [-0.15, -0.1) is 11.3 Å². The van der Waals surface area contributed by atoms with Crippen LogP contribution in [0, 0.1) is 5.92 Å². The van der Waals surface area contributed by atoms with E-state index in [1.165, 1.54) is 11.3 Å². The van der Waals surface area contributed by atoms with Crippen molar-refractivity contribution >= 4 is 33.4 Å². The van der Waals surface area contributed by atoms with E-state index < -0.39 is 0 Å². The fourth-order valence-corrected chi connectivity index (χ4v) is 4.96. The molecule has 1 saturated heterocycles. The highest BCUT2D eigenvalue weighted by Crippen LogP contribution is 2.37. The van der Waals surface area contributed by atoms with Gasteiger partial charge in [-0.1, -0.05) is 13.0 Å². The van der Waals surface area contributed by atoms with E-state index in [0.29, 0.717) is 40.8 Å². The number of fused-ring (bicyclic) bond motifs is 1. The summed E-state index contributed by atoms with van der Waals surface area (Å²) in [6.07, 6.45) is 2.62. The average Bonchev–Trinajstić information content (AvgIpc) is 3.26. The minimum Gasteiger partial charge on any atom is -0.493 e. The Labute approximate surface area is 190 Å². The molecule has 0 unspecified atom stereocenters. The zero-order valence-corrected chi connectivity index (χ0v) is 19.4. The van der Waals surface area contributed by atoms with Gasteiger partial charge in [0.2, 0.25) is 11.9 Å². The second-order valence-corrected chi connectivity index (χ2v) is 8.74. The van der Waals surface area contributed by atoms with E-state index in [0.717, 1.165) is 36.9 Å². The van der Waals surface area contributed by atoms with Crippen molar-refractivity contribution in [2.75, 3.05) is 38.8 Å². The summed E-state index contributed by atoms with van der Waals surface area (Å²) in [7, 11) is 3.19. The lowest BCUT2D eigenvalue weighted by Crippen LogP contribution is -2.44. The number of ether oxygens (including phenoxy) is 2. The third-order valence-electron chi connectivity index (χ3n) is 5.75. The van der Waals surface area contributed by atoms with E-state index in [9.17, 15) is 9.59 Å². The molecule has 1 aromatic carbocycles. The fraction of sp³-hybridized carbons (Fsp3) is 0.435. The Morgan fingerprint density at radius 2 is 2.12 bits per heavy atom. The number of benzene rings is 1. The molecule has 0 bridgehead atoms. The van der Waals surface area contributed by atoms with Gasteiger partial charge in [0.1, 0.15) is 4.70 Å². The largest absolute Gasteiger partial charge is 0.493 e. The van der Waals surface area contributed by atoms with Crippen LogP contribution < -0.4 is 25.2 Å². The molecule has 2 aromatic heterocycles. The molecule has 3 aromatic rings. The van der Waals surface area contributed by atoms with Crippen molar-refractivity contribution in [3.05, 3.63) is 33.9 Å². The fourth-order valence-electron chi connectivity index (χ4n) is 4.05. The molecule has 0 radical (unpaired) electrons. The molecule has 9 heteroatoms. The zero-order valence-electron chi connectivity index (χ0n) is 18.6. The lowest BCUT2D eigenvalue weighted by molar-refractivity contribution is -0.125. The number of carbonyl (C=O) groups is 1. The normalized spacial score (nSPS) is 16.2. The Morgan fingerprint density at radius 3 is 2.88 bits per heavy atom. The molecule has 0 saturated carbocycles. The Balaban J connectivity index is 1.68. The first kappa shape index (κ1) is 22.1. The number of carbonyl (C=O) groups excluding carboxylic acids is 1. The molecule has 170 valence electrons. The van der Waals surface area contributed by atoms with Crippen LogP contribution in [0.4, 0.5) is 5.95 Å². The van der Waals surface area contributed by atoms with Gasteiger partial charge in [0.25, 0.3) is 5.56 Å². The van der Waals surface area contributed by atoms with Gasteiger partial charge in [0, 0.05) is 30.6 Å². The number of nitrogens with zero attached hydrogens (tertiary/aromatic N) is 2. The van der Waals surface area contributed by atoms with Crippen molar-refractivity contribution < 1.29 is 14.3 Å². The molecule has 1 aliphatic rings. The Bertz CT molecular complexity index is 1170. The summed E-state index contributed by atoms with van der Waals surface area (Å²) in [5, 5.41) is 4.92. The van der Waals surface area contributed by atoms with Crippen LogP contribution in [0.5, 0.6) is 11.5 Å². The summed E-state index contributed by atoms with van der Waals surface area (Å²) < 4.78 is 11.3. The number of hydrogen-bond acceptors (Lipinski definition) is 7. The van der Waals surface area contributed by atoms with Gasteiger partial charge in [-0.3, -0.25) is 14.6 Å². The van der Waals surface area contributed by atoms with Crippen LogP contribution in [0.15, 0.2) is 28.4 Å². The Hall–Kier alpha value is -3.07. The number of aromatic amines is 1. The molecule has 32 heavy (non-hydrogen) atoms. The number of rotatable bonds is 7. The number of amides is 1. The van der Waals surface area contributed by atoms with Crippen molar-refractivity contribution in [1.82, 2.24) is 15.3 Å². The van der Waals surface area contributed by atoms with E-state index in [4.69, 9.17) is 14.5 Å². The van der Waals surface area contributed by atoms with Crippen LogP contribution in [0.1, 0.15) is 26.2 Å². The van der Waals surface area contributed by atoms with Gasteiger partial charge < -0.3 is 19.7 Å². The molecule has 0 aliphatic carbocycles. The van der Waals surface area contributed by atoms with Gasteiger partial charge in [0.05, 0.1) is 25.7 Å². The maximum Gasteiger partial charge on any atom is 0.270 e. The predicted octanol–water partition coefficient (Wildman–Crippen LogP) is 3.41. The SMILES string of the molecule is CCCNC(=O)[C@@H]1CCCN(c2nc3c(-c4ccc(OC)c(OC)c4)csc3c(=O)[nH]2)C1. The van der Waals surface area contributed by atoms with Gasteiger partial charge in [-0.25, -0.2) is 4.98 Å². The average molecular weight is 457 g/mol. The molecule has 2 N–H and O–H groups in total. The van der Waals surface area contributed by atoms with Crippen molar-refractivity contribution in [1.29, 1.82) is 0 Å². The molecule has 1 aliphatic heterocycles. The van der Waals surface area contributed by atoms with E-state index in [1.807, 2.05) is 35.4 Å². The van der Waals surface area contributed by atoms with Crippen LogP contribution in [-0.4, -0.2) is 49.7 Å². The van der Waals surface area contributed by atoms with Crippen molar-refractivity contribution in [3.8, 4) is 22.6 Å². The van der Waals surface area contributed by atoms with E-state index >= 15 is 0 Å². The minimum atomic E-state index is -0.167. The number of piperidine rings is 1. The maximum absolute atomic E-state index is 12.8. The van der Waals surface area contributed by atoms with Crippen molar-refractivity contribution in [2.24, 2.45) is 5.92 Å². The van der Waals surface area contributed by atoms with Gasteiger partial charge in [0.15, 0.2) is 11.5 Å². The van der Waals surface area contributed by atoms with Crippen LogP contribution in [0.2, 0.25) is 0 Å². The Kier molecular flexibility index (Phi) is 6.64. The zero-order chi connectivity index (χ0) is 22.7. The number of H-pyrrole nitrogens is 1. The molecule has 0 spiro atoms. The Morgan fingerprint density at radius 1 is 1.31 bits per heavy atom. The molecule has 1 fully saturated rings. The molecular formula is C23H28N4O4S. The highest BCUT2D eigenvalue weighted by atomic mass is 32.1. The highest BCUT2D eigenvalue weighted by Gasteiger charge is 2.27. The van der Waals surface area contributed by atoms with Crippen LogP contribution in [0.3, 0.4) is 0 Å². The highest BCUT2D eigenvalue weighted by molar-refractivity contribution is 7.17. The predicted molar refractivity (Wildman–Crippen MR) is 127 cm³/mol. The summed E-state index contributed by atoms with van der Waals surface area (Å²) in [6.45, 7) is 4.01. The van der Waals surface area contributed by atoms with E-state index in [-0.39, 0.29) is 17.4 Å². The van der Waals surface area contributed by atoms with Crippen molar-refractivity contribution in [3.63, 3.8) is 0 Å². The standard InChI is InChI=1S/C23H28N4O4S/c1-4-9-24-21(28)15-6-5-10-27(12-15)23-25-19-16(13-32-20(19)22(29)26-23)14-7-8-17(30-2)18(11-14)31-3/h7-8,11,13,15H,4-6,9-10,12H2,1-3H3,(H,24,28)(H,25,26,29)/t15-/m1/s1. The van der Waals surface area contributed by atoms with Crippen LogP contribution >= 0.6 is 11.3 Å². The third kappa shape index (κ3) is 4.29. The minimum absolute atomic E-state index is 0.0709. The smallest absolute Gasteiger partial charge is 0.270 e. The molecule has 1 atom stereocenters. The van der Waals surface area contributed by atoms with Crippen LogP contribution in [0.25, 0.3) is 21.3 Å². The molecule has 1 amide bonds. The monoisotopic (exact) mass is 456 g/mol. The maximum atomic E-state index is 12.8. The third-order valence-corrected chi connectivity index (χ3v) is 6.72. The molecular weight excluding hydrogens is 428 g/mol. The van der Waals surface area contributed by atoms with Gasteiger partial charge >= 0.3 is 0 Å².